The molecule has 4 rings (SSSR count). The van der Waals surface area contributed by atoms with Gasteiger partial charge in [0, 0.05) is 54.9 Å². The molecule has 1 aromatic heterocycles. The Morgan fingerprint density at radius 1 is 0.970 bits per heavy atom. The summed E-state index contributed by atoms with van der Waals surface area (Å²) in [6, 6.07) is 18.7. The number of benzene rings is 2. The van der Waals surface area contributed by atoms with E-state index in [1.807, 2.05) is 42.6 Å². The van der Waals surface area contributed by atoms with Gasteiger partial charge in [-0.3, -0.25) is 15.0 Å². The molecule has 3 aromatic rings. The number of nitro groups is 1. The number of rotatable bonds is 8. The van der Waals surface area contributed by atoms with Crippen LogP contribution in [0.1, 0.15) is 17.8 Å². The highest BCUT2D eigenvalue weighted by Gasteiger charge is 2.32. The average Bonchev–Trinajstić information content (AvgIpc) is 3.34. The third kappa shape index (κ3) is 5.41. The van der Waals surface area contributed by atoms with Crippen LogP contribution in [0.5, 0.6) is 0 Å². The second-order valence-corrected chi connectivity index (χ2v) is 10.7. The standard InChI is InChI=1S/C23H26N4O4S2/c1-18(24-33(30,31)21-11-9-20(10-12-21)27(28)29)23(22-8-5-17-32-22)26-15-13-25(14-16-26)19-6-3-2-4-7-19/h2-12,17-18,23-24H,13-16H2,1H3/t18-,23-/m0/s1. The molecule has 0 bridgehead atoms. The zero-order valence-corrected chi connectivity index (χ0v) is 19.8. The van der Waals surface area contributed by atoms with Crippen molar-refractivity contribution in [1.29, 1.82) is 0 Å². The Bertz CT molecular complexity index is 1160. The first kappa shape index (κ1) is 23.4. The van der Waals surface area contributed by atoms with Crippen LogP contribution in [0.3, 0.4) is 0 Å². The van der Waals surface area contributed by atoms with Gasteiger partial charge in [-0.25, -0.2) is 13.1 Å². The highest BCUT2D eigenvalue weighted by molar-refractivity contribution is 7.89. The van der Waals surface area contributed by atoms with E-state index < -0.39 is 21.0 Å². The molecule has 10 heteroatoms. The van der Waals surface area contributed by atoms with E-state index in [0.29, 0.717) is 0 Å². The van der Waals surface area contributed by atoms with Crippen molar-refractivity contribution in [3.8, 4) is 0 Å². The SMILES string of the molecule is C[C@H](NS(=O)(=O)c1ccc([N+](=O)[O-])cc1)[C@@H](c1cccs1)N1CCN(c2ccccc2)CC1. The molecule has 1 aliphatic rings. The summed E-state index contributed by atoms with van der Waals surface area (Å²) in [4.78, 5) is 16.1. The summed E-state index contributed by atoms with van der Waals surface area (Å²) in [5.41, 5.74) is 1.05. The second-order valence-electron chi connectivity index (χ2n) is 7.98. The van der Waals surface area contributed by atoms with Crippen LogP contribution in [-0.2, 0) is 10.0 Å². The van der Waals surface area contributed by atoms with Crippen LogP contribution < -0.4 is 9.62 Å². The molecule has 0 aliphatic carbocycles. The van der Waals surface area contributed by atoms with Crippen LogP contribution in [0.15, 0.2) is 77.0 Å². The molecule has 2 atom stereocenters. The van der Waals surface area contributed by atoms with Crippen LogP contribution >= 0.6 is 11.3 Å². The highest BCUT2D eigenvalue weighted by atomic mass is 32.2. The lowest BCUT2D eigenvalue weighted by molar-refractivity contribution is -0.384. The molecule has 8 nitrogen and oxygen atoms in total. The lowest BCUT2D eigenvalue weighted by Gasteiger charge is -2.42. The molecule has 1 fully saturated rings. The largest absolute Gasteiger partial charge is 0.369 e. The summed E-state index contributed by atoms with van der Waals surface area (Å²) >= 11 is 1.61. The van der Waals surface area contributed by atoms with Gasteiger partial charge in [0.05, 0.1) is 15.9 Å². The number of sulfonamides is 1. The molecule has 0 spiro atoms. The number of hydrogen-bond acceptors (Lipinski definition) is 7. The van der Waals surface area contributed by atoms with Gasteiger partial charge in [0.2, 0.25) is 10.0 Å². The van der Waals surface area contributed by atoms with E-state index in [9.17, 15) is 18.5 Å². The van der Waals surface area contributed by atoms with Crippen LogP contribution in [0.25, 0.3) is 0 Å². The van der Waals surface area contributed by atoms with Crippen molar-refractivity contribution in [1.82, 2.24) is 9.62 Å². The summed E-state index contributed by atoms with van der Waals surface area (Å²) in [5, 5.41) is 12.9. The van der Waals surface area contributed by atoms with Crippen molar-refractivity contribution in [2.24, 2.45) is 0 Å². The van der Waals surface area contributed by atoms with Crippen molar-refractivity contribution >= 4 is 32.7 Å². The van der Waals surface area contributed by atoms with Crippen LogP contribution in [0.2, 0.25) is 0 Å². The Morgan fingerprint density at radius 2 is 1.64 bits per heavy atom. The maximum absolute atomic E-state index is 13.0. The topological polar surface area (TPSA) is 95.8 Å². The Labute approximate surface area is 197 Å². The summed E-state index contributed by atoms with van der Waals surface area (Å²) in [7, 11) is -3.84. The van der Waals surface area contributed by atoms with Crippen LogP contribution in [0, 0.1) is 10.1 Å². The fourth-order valence-electron chi connectivity index (χ4n) is 4.22. The molecule has 2 heterocycles. The molecule has 2 aromatic carbocycles. The van der Waals surface area contributed by atoms with E-state index in [2.05, 4.69) is 26.7 Å². The molecule has 1 saturated heterocycles. The Kier molecular flexibility index (Phi) is 7.08. The number of non-ortho nitro benzene ring substituents is 1. The quantitative estimate of drug-likeness (QED) is 0.383. The Morgan fingerprint density at radius 3 is 2.21 bits per heavy atom. The van der Waals surface area contributed by atoms with E-state index in [1.54, 1.807) is 11.3 Å². The Hall–Kier alpha value is -2.79. The van der Waals surface area contributed by atoms with E-state index in [-0.39, 0.29) is 16.6 Å². The summed E-state index contributed by atoms with van der Waals surface area (Å²) < 4.78 is 28.8. The number of piperazine rings is 1. The smallest absolute Gasteiger partial charge is 0.269 e. The third-order valence-corrected chi connectivity index (χ3v) is 8.35. The molecule has 0 unspecified atom stereocenters. The zero-order valence-electron chi connectivity index (χ0n) is 18.2. The molecular weight excluding hydrogens is 460 g/mol. The van der Waals surface area contributed by atoms with E-state index in [0.717, 1.165) is 31.1 Å². The van der Waals surface area contributed by atoms with Crippen molar-refractivity contribution in [3.63, 3.8) is 0 Å². The van der Waals surface area contributed by atoms with Crippen molar-refractivity contribution < 1.29 is 13.3 Å². The number of anilines is 1. The monoisotopic (exact) mass is 486 g/mol. The minimum atomic E-state index is -3.84. The van der Waals surface area contributed by atoms with Gasteiger partial charge in [-0.15, -0.1) is 11.3 Å². The number of para-hydroxylation sites is 1. The molecule has 0 saturated carbocycles. The maximum atomic E-state index is 13.0. The van der Waals surface area contributed by atoms with Gasteiger partial charge in [-0.1, -0.05) is 24.3 Å². The van der Waals surface area contributed by atoms with E-state index >= 15 is 0 Å². The summed E-state index contributed by atoms with van der Waals surface area (Å²) in [5.74, 6) is 0. The number of nitro benzene ring substituents is 1. The maximum Gasteiger partial charge on any atom is 0.269 e. The molecule has 0 amide bonds. The average molecular weight is 487 g/mol. The number of thiophene rings is 1. The molecule has 174 valence electrons. The van der Waals surface area contributed by atoms with E-state index in [1.165, 1.54) is 30.0 Å². The van der Waals surface area contributed by atoms with E-state index in [4.69, 9.17) is 0 Å². The van der Waals surface area contributed by atoms with Crippen LogP contribution in [-0.4, -0.2) is 50.5 Å². The lowest BCUT2D eigenvalue weighted by atomic mass is 10.1. The second kappa shape index (κ2) is 10.0. The minimum Gasteiger partial charge on any atom is -0.369 e. The normalized spacial score (nSPS) is 16.9. The summed E-state index contributed by atoms with van der Waals surface area (Å²) in [6.45, 7) is 5.19. The predicted octanol–water partition coefficient (Wildman–Crippen LogP) is 3.89. The zero-order chi connectivity index (χ0) is 23.4. The molecular formula is C23H26N4O4S2. The molecule has 0 radical (unpaired) electrons. The Balaban J connectivity index is 1.50. The number of nitrogens with one attached hydrogen (secondary N) is 1. The van der Waals surface area contributed by atoms with Gasteiger partial charge in [0.1, 0.15) is 0 Å². The fraction of sp³-hybridized carbons (Fsp3) is 0.304. The first-order valence-electron chi connectivity index (χ1n) is 10.7. The lowest BCUT2D eigenvalue weighted by Crippen LogP contribution is -2.52. The van der Waals surface area contributed by atoms with Gasteiger partial charge in [0.15, 0.2) is 0 Å². The van der Waals surface area contributed by atoms with Crippen LogP contribution in [0.4, 0.5) is 11.4 Å². The highest BCUT2D eigenvalue weighted by Crippen LogP contribution is 2.31. The molecule has 1 N–H and O–H groups in total. The van der Waals surface area contributed by atoms with Gasteiger partial charge < -0.3 is 4.90 Å². The van der Waals surface area contributed by atoms with Gasteiger partial charge in [0.25, 0.3) is 5.69 Å². The van der Waals surface area contributed by atoms with Gasteiger partial charge >= 0.3 is 0 Å². The molecule has 33 heavy (non-hydrogen) atoms. The van der Waals surface area contributed by atoms with Gasteiger partial charge in [-0.05, 0) is 42.6 Å². The first-order valence-corrected chi connectivity index (χ1v) is 13.1. The minimum absolute atomic E-state index is 0.0128. The predicted molar refractivity (Wildman–Crippen MR) is 130 cm³/mol. The number of hydrogen-bond donors (Lipinski definition) is 1. The third-order valence-electron chi connectivity index (χ3n) is 5.84. The summed E-state index contributed by atoms with van der Waals surface area (Å²) in [6.07, 6.45) is 0. The van der Waals surface area contributed by atoms with Crippen molar-refractivity contribution in [2.75, 3.05) is 31.1 Å². The van der Waals surface area contributed by atoms with Crippen molar-refractivity contribution in [3.05, 3.63) is 87.1 Å². The fourth-order valence-corrected chi connectivity index (χ4v) is 6.44. The van der Waals surface area contributed by atoms with Gasteiger partial charge in [-0.2, -0.15) is 0 Å². The number of nitrogens with zero attached hydrogens (tertiary/aromatic N) is 3. The molecule has 1 aliphatic heterocycles. The van der Waals surface area contributed by atoms with Crippen molar-refractivity contribution in [2.45, 2.75) is 23.9 Å². The first-order chi connectivity index (χ1) is 15.8.